The van der Waals surface area contributed by atoms with Gasteiger partial charge in [-0.15, -0.1) is 13.2 Å². The summed E-state index contributed by atoms with van der Waals surface area (Å²) >= 11 is 3.79. The predicted octanol–water partition coefficient (Wildman–Crippen LogP) is 6.27. The van der Waals surface area contributed by atoms with Crippen LogP contribution < -0.4 is 4.90 Å². The van der Waals surface area contributed by atoms with Gasteiger partial charge in [0.25, 0.3) is 5.91 Å². The number of aliphatic hydroxyl groups is 1. The smallest absolute Gasteiger partial charge is 0.313 e. The van der Waals surface area contributed by atoms with Crippen molar-refractivity contribution in [3.05, 3.63) is 126 Å². The Morgan fingerprint density at radius 2 is 1.66 bits per heavy atom. The van der Waals surface area contributed by atoms with Crippen molar-refractivity contribution in [1.82, 2.24) is 9.80 Å². The van der Waals surface area contributed by atoms with Crippen molar-refractivity contribution in [2.24, 2.45) is 11.8 Å². The third-order valence-corrected chi connectivity index (χ3v) is 12.7. The number of aliphatic hydroxyl groups excluding tert-OH is 1. The minimum absolute atomic E-state index is 0.124. The molecule has 10 nitrogen and oxygen atoms in total. The SMILES string of the molecule is C=CCCC(=O)N(C)[C@@H](C)[C@@H](OC(=O)[C@H]1[C@@H]2O[C@@]3(CC2Br)[C@@H]1C(=O)N([C@@H](CO)Cc1ccccc1)[C@@H]3C(=O)N(CC=C)c1c(C)cccc1C)c1ccccc1. The van der Waals surface area contributed by atoms with Gasteiger partial charge in [0.1, 0.15) is 17.7 Å². The van der Waals surface area contributed by atoms with Crippen LogP contribution in [0.25, 0.3) is 0 Å². The highest BCUT2D eigenvalue weighted by atomic mass is 79.9. The normalized spacial score (nSPS) is 25.2. The number of hydrogen-bond acceptors (Lipinski definition) is 7. The first kappa shape index (κ1) is 41.1. The molecule has 0 radical (unpaired) electrons. The zero-order valence-corrected chi connectivity index (χ0v) is 34.1. The molecular formula is C45H52BrN3O7. The molecule has 1 N–H and O–H groups in total. The zero-order chi connectivity index (χ0) is 40.3. The van der Waals surface area contributed by atoms with Crippen molar-refractivity contribution in [2.45, 2.75) is 87.2 Å². The molecule has 1 spiro atoms. The molecule has 6 rings (SSSR count). The van der Waals surface area contributed by atoms with Gasteiger partial charge in [-0.1, -0.05) is 107 Å². The number of carbonyl (C=O) groups excluding carboxylic acids is 4. The van der Waals surface area contributed by atoms with Crippen LogP contribution in [0.15, 0.2) is 104 Å². The summed E-state index contributed by atoms with van der Waals surface area (Å²) in [7, 11) is 1.69. The molecule has 0 aromatic heterocycles. The summed E-state index contributed by atoms with van der Waals surface area (Å²) in [5.74, 6) is -3.75. The van der Waals surface area contributed by atoms with Crippen molar-refractivity contribution in [3.63, 3.8) is 0 Å². The number of halogens is 1. The van der Waals surface area contributed by atoms with E-state index in [4.69, 9.17) is 9.47 Å². The molecule has 3 aromatic carbocycles. The Morgan fingerprint density at radius 1 is 1.02 bits per heavy atom. The van der Waals surface area contributed by atoms with Crippen LogP contribution in [0.2, 0.25) is 0 Å². The van der Waals surface area contributed by atoms with E-state index in [0.29, 0.717) is 17.7 Å². The summed E-state index contributed by atoms with van der Waals surface area (Å²) < 4.78 is 13.3. The highest BCUT2D eigenvalue weighted by molar-refractivity contribution is 9.09. The van der Waals surface area contributed by atoms with Crippen LogP contribution in [-0.4, -0.2) is 93.5 Å². The molecule has 296 valence electrons. The average Bonchev–Trinajstić information content (AvgIpc) is 3.80. The van der Waals surface area contributed by atoms with E-state index in [9.17, 15) is 14.7 Å². The summed E-state index contributed by atoms with van der Waals surface area (Å²) in [5.41, 5.74) is 2.61. The zero-order valence-electron chi connectivity index (χ0n) is 32.6. The minimum atomic E-state index is -1.41. The number of benzene rings is 3. The number of anilines is 1. The van der Waals surface area contributed by atoms with E-state index < -0.39 is 66.3 Å². The van der Waals surface area contributed by atoms with Gasteiger partial charge >= 0.3 is 5.97 Å². The van der Waals surface area contributed by atoms with Gasteiger partial charge in [-0.25, -0.2) is 0 Å². The van der Waals surface area contributed by atoms with Gasteiger partial charge < -0.3 is 29.3 Å². The first-order chi connectivity index (χ1) is 26.9. The lowest BCUT2D eigenvalue weighted by Gasteiger charge is -2.40. The molecule has 3 amide bonds. The summed E-state index contributed by atoms with van der Waals surface area (Å²) in [6, 6.07) is 22.0. The van der Waals surface area contributed by atoms with Gasteiger partial charge in [0, 0.05) is 30.5 Å². The fourth-order valence-electron chi connectivity index (χ4n) is 9.07. The lowest BCUT2D eigenvalue weighted by Crippen LogP contribution is -2.59. The number of carbonyl (C=O) groups is 4. The minimum Gasteiger partial charge on any atom is -0.455 e. The molecule has 11 heteroatoms. The second-order valence-electron chi connectivity index (χ2n) is 15.3. The van der Waals surface area contributed by atoms with Crippen LogP contribution in [0.4, 0.5) is 5.69 Å². The van der Waals surface area contributed by atoms with E-state index in [2.05, 4.69) is 29.1 Å². The Labute approximate surface area is 338 Å². The molecule has 3 saturated heterocycles. The number of aryl methyl sites for hydroxylation is 2. The number of hydrogen-bond donors (Lipinski definition) is 1. The fraction of sp³-hybridized carbons (Fsp3) is 0.422. The molecule has 0 saturated carbocycles. The Balaban J connectivity index is 1.43. The molecule has 3 aliphatic rings. The summed E-state index contributed by atoms with van der Waals surface area (Å²) in [6.07, 6.45) is 3.01. The van der Waals surface area contributed by atoms with Crippen LogP contribution in [0.5, 0.6) is 0 Å². The molecule has 3 heterocycles. The lowest BCUT2D eigenvalue weighted by atomic mass is 9.70. The highest BCUT2D eigenvalue weighted by Gasteiger charge is 2.77. The molecular weight excluding hydrogens is 774 g/mol. The number of ether oxygens (including phenoxy) is 2. The third kappa shape index (κ3) is 7.48. The van der Waals surface area contributed by atoms with Crippen molar-refractivity contribution in [2.75, 3.05) is 25.1 Å². The van der Waals surface area contributed by atoms with E-state index in [1.165, 1.54) is 4.90 Å². The highest BCUT2D eigenvalue weighted by Crippen LogP contribution is 2.61. The molecule has 9 atom stereocenters. The predicted molar refractivity (Wildman–Crippen MR) is 219 cm³/mol. The van der Waals surface area contributed by atoms with Gasteiger partial charge in [-0.2, -0.15) is 0 Å². The Hall–Kier alpha value is -4.58. The van der Waals surface area contributed by atoms with Crippen LogP contribution in [0.1, 0.15) is 54.5 Å². The third-order valence-electron chi connectivity index (χ3n) is 11.8. The number of amides is 3. The molecule has 3 fully saturated rings. The Morgan fingerprint density at radius 3 is 2.27 bits per heavy atom. The molecule has 0 aliphatic carbocycles. The van der Waals surface area contributed by atoms with E-state index in [-0.39, 0.29) is 42.4 Å². The van der Waals surface area contributed by atoms with E-state index >= 15 is 9.59 Å². The van der Waals surface area contributed by atoms with Gasteiger partial charge in [0.05, 0.1) is 36.6 Å². The van der Waals surface area contributed by atoms with E-state index in [1.54, 1.807) is 29.0 Å². The van der Waals surface area contributed by atoms with Crippen molar-refractivity contribution in [3.8, 4) is 0 Å². The maximum absolute atomic E-state index is 15.4. The molecule has 3 aromatic rings. The van der Waals surface area contributed by atoms with Crippen molar-refractivity contribution in [1.29, 1.82) is 0 Å². The van der Waals surface area contributed by atoms with Crippen LogP contribution in [0.3, 0.4) is 0 Å². The van der Waals surface area contributed by atoms with E-state index in [1.807, 2.05) is 99.6 Å². The van der Waals surface area contributed by atoms with Gasteiger partial charge in [0.2, 0.25) is 11.8 Å². The number of esters is 1. The van der Waals surface area contributed by atoms with Gasteiger partial charge in [-0.05, 0) is 62.3 Å². The second kappa shape index (κ2) is 17.3. The van der Waals surface area contributed by atoms with Crippen LogP contribution in [0, 0.1) is 25.7 Å². The molecule has 1 unspecified atom stereocenters. The van der Waals surface area contributed by atoms with Gasteiger partial charge in [0.15, 0.2) is 0 Å². The maximum atomic E-state index is 15.4. The average molecular weight is 827 g/mol. The van der Waals surface area contributed by atoms with Crippen molar-refractivity contribution >= 4 is 45.3 Å². The number of fused-ring (bicyclic) bond motifs is 1. The van der Waals surface area contributed by atoms with Crippen LogP contribution >= 0.6 is 15.9 Å². The largest absolute Gasteiger partial charge is 0.455 e. The second-order valence-corrected chi connectivity index (χ2v) is 16.4. The van der Waals surface area contributed by atoms with Crippen LogP contribution in [-0.2, 0) is 35.1 Å². The number of alkyl halides is 1. The van der Waals surface area contributed by atoms with Crippen molar-refractivity contribution < 1.29 is 33.8 Å². The van der Waals surface area contributed by atoms with E-state index in [0.717, 1.165) is 16.7 Å². The quantitative estimate of drug-likeness (QED) is 0.103. The number of allylic oxidation sites excluding steroid dienone is 1. The summed E-state index contributed by atoms with van der Waals surface area (Å²) in [6.45, 7) is 13.1. The number of likely N-dealkylation sites (N-methyl/N-ethyl adjacent to an activating group) is 1. The monoisotopic (exact) mass is 825 g/mol. The fourth-order valence-corrected chi connectivity index (χ4v) is 10.0. The maximum Gasteiger partial charge on any atom is 0.313 e. The number of likely N-dealkylation sites (tertiary alicyclic amines) is 1. The lowest BCUT2D eigenvalue weighted by molar-refractivity contribution is -0.165. The van der Waals surface area contributed by atoms with Gasteiger partial charge in [-0.3, -0.25) is 19.2 Å². The standard InChI is InChI=1S/C45H52BrN3O7/c1-7-9-23-35(51)47(6)30(5)39(32-21-14-11-15-22-32)55-44(54)36-37-42(52)49(33(27-50)25-31-19-12-10-13-20-31)41(45(37)26-34(46)40(36)56-45)43(53)48(24-8-2)38-28(3)17-16-18-29(38)4/h7-8,10-22,30,33-34,36-37,39-41,50H,1-2,9,23-27H2,3-6H3/t30-,33+,34?,36+,37-,39+,40+,41+,45-/m0/s1. The first-order valence-corrected chi connectivity index (χ1v) is 20.2. The first-order valence-electron chi connectivity index (χ1n) is 19.3. The summed E-state index contributed by atoms with van der Waals surface area (Å²) in [4.78, 5) is 62.9. The molecule has 2 bridgehead atoms. The topological polar surface area (TPSA) is 117 Å². The number of rotatable bonds is 16. The number of para-hydroxylation sites is 1. The Bertz CT molecular complexity index is 1920. The molecule has 56 heavy (non-hydrogen) atoms. The Kier molecular flexibility index (Phi) is 12.7. The summed E-state index contributed by atoms with van der Waals surface area (Å²) in [5, 5.41) is 11.0. The molecule has 3 aliphatic heterocycles. The number of nitrogens with zero attached hydrogens (tertiary/aromatic N) is 3.